The fraction of sp³-hybridized carbons (Fsp3) is 0.0476. The molecule has 0 saturated heterocycles. The second-order valence-corrected chi connectivity index (χ2v) is 7.33. The van der Waals surface area contributed by atoms with E-state index in [1.54, 1.807) is 30.3 Å². The number of anilines is 1. The quantitative estimate of drug-likeness (QED) is 0.461. The molecule has 0 aliphatic carbocycles. The van der Waals surface area contributed by atoms with Crippen LogP contribution in [0.25, 0.3) is 22.7 Å². The molecule has 0 radical (unpaired) electrons. The van der Waals surface area contributed by atoms with Gasteiger partial charge in [0.25, 0.3) is 11.8 Å². The van der Waals surface area contributed by atoms with Gasteiger partial charge in [0.05, 0.1) is 11.3 Å². The Bertz CT molecular complexity index is 1330. The average Bonchev–Trinajstić information content (AvgIpc) is 3.07. The fourth-order valence-corrected chi connectivity index (χ4v) is 3.43. The zero-order valence-electron chi connectivity index (χ0n) is 15.9. The van der Waals surface area contributed by atoms with Crippen LogP contribution in [0.4, 0.5) is 14.5 Å². The molecule has 0 unspecified atom stereocenters. The summed E-state index contributed by atoms with van der Waals surface area (Å²) in [5, 5.41) is 6.45. The van der Waals surface area contributed by atoms with Crippen molar-refractivity contribution in [1.29, 1.82) is 0 Å². The third-order valence-electron chi connectivity index (χ3n) is 4.38. The molecule has 2 aromatic carbocycles. The summed E-state index contributed by atoms with van der Waals surface area (Å²) in [6.07, 6.45) is 1.52. The van der Waals surface area contributed by atoms with E-state index in [4.69, 9.17) is 4.42 Å². The molecule has 31 heavy (non-hydrogen) atoms. The van der Waals surface area contributed by atoms with E-state index in [-0.39, 0.29) is 5.89 Å². The maximum atomic E-state index is 13.8. The summed E-state index contributed by atoms with van der Waals surface area (Å²) in [6.45, 7) is 0. The molecule has 4 aromatic rings. The first-order valence-electron chi connectivity index (χ1n) is 8.89. The fourth-order valence-electron chi connectivity index (χ4n) is 2.85. The molecule has 0 saturated carbocycles. The van der Waals surface area contributed by atoms with Crippen molar-refractivity contribution in [2.75, 3.05) is 5.32 Å². The van der Waals surface area contributed by atoms with E-state index in [2.05, 4.69) is 31.3 Å². The van der Waals surface area contributed by atoms with Gasteiger partial charge in [-0.1, -0.05) is 18.2 Å². The van der Waals surface area contributed by atoms with Crippen molar-refractivity contribution in [2.45, 2.75) is 0 Å². The van der Waals surface area contributed by atoms with Gasteiger partial charge in [-0.3, -0.25) is 9.78 Å². The van der Waals surface area contributed by atoms with Crippen LogP contribution in [0, 0.1) is 11.6 Å². The Morgan fingerprint density at radius 2 is 1.77 bits per heavy atom. The zero-order chi connectivity index (χ0) is 22.1. The molecule has 7 nitrogen and oxygen atoms in total. The van der Waals surface area contributed by atoms with Gasteiger partial charge < -0.3 is 9.73 Å². The summed E-state index contributed by atoms with van der Waals surface area (Å²) in [6, 6.07) is 11.5. The van der Waals surface area contributed by atoms with Crippen LogP contribution in [-0.4, -0.2) is 20.7 Å². The normalized spacial score (nSPS) is 10.8. The second-order valence-electron chi connectivity index (χ2n) is 6.48. The lowest BCUT2D eigenvalue weighted by Crippen LogP contribution is -2.15. The van der Waals surface area contributed by atoms with Crippen LogP contribution >= 0.6 is 15.9 Å². The number of hydrogen-bond acceptors (Lipinski definition) is 5. The Hall–Kier alpha value is -3.66. The number of aryl methyl sites for hydroxylation is 1. The van der Waals surface area contributed by atoms with Crippen LogP contribution in [0.2, 0.25) is 0 Å². The molecule has 1 amide bonds. The van der Waals surface area contributed by atoms with Crippen molar-refractivity contribution in [3.63, 3.8) is 0 Å². The van der Waals surface area contributed by atoms with Crippen molar-refractivity contribution in [2.24, 2.45) is 7.05 Å². The SMILES string of the molecule is Cn1nc(-c2cnc(-c3ccc(NC(=O)c4c(F)cccc4F)cc3)c(Br)c2)oc1=O. The highest BCUT2D eigenvalue weighted by molar-refractivity contribution is 9.10. The van der Waals surface area contributed by atoms with Gasteiger partial charge in [-0.25, -0.2) is 13.6 Å². The Kier molecular flexibility index (Phi) is 5.47. The van der Waals surface area contributed by atoms with Crippen LogP contribution in [0.1, 0.15) is 10.4 Å². The molecule has 0 fully saturated rings. The van der Waals surface area contributed by atoms with Gasteiger partial charge in [0.15, 0.2) is 0 Å². The van der Waals surface area contributed by atoms with Crippen LogP contribution < -0.4 is 11.1 Å². The van der Waals surface area contributed by atoms with Gasteiger partial charge in [-0.15, -0.1) is 5.10 Å². The number of amides is 1. The van der Waals surface area contributed by atoms with E-state index < -0.39 is 28.9 Å². The molecule has 0 aliphatic rings. The number of carbonyl (C=O) groups excluding carboxylic acids is 1. The van der Waals surface area contributed by atoms with Crippen molar-refractivity contribution < 1.29 is 18.0 Å². The number of nitrogens with one attached hydrogen (secondary N) is 1. The summed E-state index contributed by atoms with van der Waals surface area (Å²) in [7, 11) is 1.48. The van der Waals surface area contributed by atoms with Crippen molar-refractivity contribution in [3.8, 4) is 22.7 Å². The molecule has 0 atom stereocenters. The predicted octanol–water partition coefficient (Wildman–Crippen LogP) is 4.40. The van der Waals surface area contributed by atoms with Crippen molar-refractivity contribution >= 4 is 27.5 Å². The van der Waals surface area contributed by atoms with E-state index >= 15 is 0 Å². The molecular weight excluding hydrogens is 474 g/mol. The smallest absolute Gasteiger partial charge is 0.388 e. The standard InChI is InChI=1S/C21H13BrF2N4O3/c1-28-21(30)31-20(27-28)12-9-14(22)18(25-10-12)11-5-7-13(8-6-11)26-19(29)17-15(23)3-2-4-16(17)24/h2-10H,1H3,(H,26,29). The van der Waals surface area contributed by atoms with E-state index in [1.165, 1.54) is 19.3 Å². The number of carbonyl (C=O) groups is 1. The molecule has 10 heteroatoms. The van der Waals surface area contributed by atoms with E-state index in [0.717, 1.165) is 22.4 Å². The van der Waals surface area contributed by atoms with Crippen LogP contribution in [0.3, 0.4) is 0 Å². The lowest BCUT2D eigenvalue weighted by Gasteiger charge is -2.09. The minimum atomic E-state index is -0.939. The van der Waals surface area contributed by atoms with Crippen molar-refractivity contribution in [1.82, 2.24) is 14.8 Å². The largest absolute Gasteiger partial charge is 0.437 e. The van der Waals surface area contributed by atoms with E-state index in [1.807, 2.05) is 0 Å². The van der Waals surface area contributed by atoms with Crippen LogP contribution in [0.5, 0.6) is 0 Å². The lowest BCUT2D eigenvalue weighted by atomic mass is 10.1. The Morgan fingerprint density at radius 1 is 1.10 bits per heavy atom. The Morgan fingerprint density at radius 3 is 2.35 bits per heavy atom. The number of aromatic nitrogens is 3. The van der Waals surface area contributed by atoms with Gasteiger partial charge in [0.1, 0.15) is 17.2 Å². The summed E-state index contributed by atoms with van der Waals surface area (Å²) in [4.78, 5) is 28.0. The third-order valence-corrected chi connectivity index (χ3v) is 4.99. The number of pyridine rings is 1. The van der Waals surface area contributed by atoms with Gasteiger partial charge in [0, 0.05) is 29.0 Å². The molecular formula is C21H13BrF2N4O3. The second kappa shape index (κ2) is 8.23. The number of rotatable bonds is 4. The first-order chi connectivity index (χ1) is 14.8. The molecule has 0 spiro atoms. The van der Waals surface area contributed by atoms with Gasteiger partial charge in [-0.05, 0) is 46.3 Å². The first-order valence-corrected chi connectivity index (χ1v) is 9.68. The minimum absolute atomic E-state index is 0.144. The first kappa shape index (κ1) is 20.6. The number of halogens is 3. The number of benzene rings is 2. The van der Waals surface area contributed by atoms with Gasteiger partial charge in [-0.2, -0.15) is 4.68 Å². The Balaban J connectivity index is 1.55. The molecule has 4 rings (SSSR count). The maximum Gasteiger partial charge on any atom is 0.437 e. The molecule has 2 heterocycles. The monoisotopic (exact) mass is 486 g/mol. The molecule has 0 aliphatic heterocycles. The van der Waals surface area contributed by atoms with Crippen LogP contribution in [-0.2, 0) is 7.05 Å². The molecule has 2 aromatic heterocycles. The molecule has 1 N–H and O–H groups in total. The highest BCUT2D eigenvalue weighted by Gasteiger charge is 2.17. The highest BCUT2D eigenvalue weighted by Crippen LogP contribution is 2.30. The zero-order valence-corrected chi connectivity index (χ0v) is 17.5. The van der Waals surface area contributed by atoms with Gasteiger partial charge in [0.2, 0.25) is 0 Å². The minimum Gasteiger partial charge on any atom is -0.388 e. The molecule has 156 valence electrons. The summed E-state index contributed by atoms with van der Waals surface area (Å²) in [5.41, 5.74) is 1.55. The number of nitrogens with zero attached hydrogens (tertiary/aromatic N) is 3. The van der Waals surface area contributed by atoms with Crippen LogP contribution in [0.15, 0.2) is 68.4 Å². The van der Waals surface area contributed by atoms with Gasteiger partial charge >= 0.3 is 5.76 Å². The third kappa shape index (κ3) is 4.15. The summed E-state index contributed by atoms with van der Waals surface area (Å²) in [5.74, 6) is -3.20. The summed E-state index contributed by atoms with van der Waals surface area (Å²) < 4.78 is 34.3. The molecule has 0 bridgehead atoms. The average molecular weight is 487 g/mol. The highest BCUT2D eigenvalue weighted by atomic mass is 79.9. The van der Waals surface area contributed by atoms with E-state index in [0.29, 0.717) is 21.4 Å². The topological polar surface area (TPSA) is 90.0 Å². The van der Waals surface area contributed by atoms with Crippen molar-refractivity contribution in [3.05, 3.63) is 86.9 Å². The predicted molar refractivity (Wildman–Crippen MR) is 112 cm³/mol. The van der Waals surface area contributed by atoms with E-state index in [9.17, 15) is 18.4 Å². The Labute approximate surface area is 182 Å². The number of hydrogen-bond donors (Lipinski definition) is 1. The summed E-state index contributed by atoms with van der Waals surface area (Å²) >= 11 is 3.44. The lowest BCUT2D eigenvalue weighted by molar-refractivity contribution is 0.101. The maximum absolute atomic E-state index is 13.8.